The lowest BCUT2D eigenvalue weighted by Gasteiger charge is -2.26. The first kappa shape index (κ1) is 30.3. The van der Waals surface area contributed by atoms with Gasteiger partial charge in [-0.15, -0.1) is 0 Å². The van der Waals surface area contributed by atoms with Crippen LogP contribution in [0.4, 0.5) is 0 Å². The molecule has 2 saturated heterocycles. The molecule has 2 aliphatic rings. The van der Waals surface area contributed by atoms with Gasteiger partial charge in [0.2, 0.25) is 11.6 Å². The number of carbonyl (C=O) groups is 6. The number of hydrogen-bond acceptors (Lipinski definition) is 10. The summed E-state index contributed by atoms with van der Waals surface area (Å²) in [4.78, 5) is 76.3. The number of morpholine rings is 2. The zero-order chi connectivity index (χ0) is 29.9. The lowest BCUT2D eigenvalue weighted by Crippen LogP contribution is -2.44. The van der Waals surface area contributed by atoms with E-state index in [9.17, 15) is 28.8 Å². The number of benzene rings is 2. The molecule has 4 rings (SSSR count). The molecule has 0 atom stereocenters. The topological polar surface area (TPSA) is 146 Å². The molecule has 2 fully saturated rings. The molecular formula is C30H30N2O10. The summed E-state index contributed by atoms with van der Waals surface area (Å²) in [6, 6.07) is 12.2. The van der Waals surface area contributed by atoms with Crippen LogP contribution in [0.15, 0.2) is 60.7 Å². The van der Waals surface area contributed by atoms with Gasteiger partial charge < -0.3 is 28.7 Å². The molecule has 0 spiro atoms. The standard InChI is InChI=1S/C30H30N2O10/c33-25(29(37)31-11-15-39-16-12-31)19-21-1-5-23(6-2-21)41-27(35)9-10-28(36)42-24-7-3-22(4-8-24)20-26(34)30(38)32-13-17-40-18-14-32/h1-10H,11-20H2/b10-9+. The van der Waals surface area contributed by atoms with Gasteiger partial charge in [-0.2, -0.15) is 0 Å². The van der Waals surface area contributed by atoms with Crippen molar-refractivity contribution in [1.29, 1.82) is 0 Å². The Morgan fingerprint density at radius 2 is 0.905 bits per heavy atom. The first-order valence-corrected chi connectivity index (χ1v) is 13.4. The van der Waals surface area contributed by atoms with Gasteiger partial charge in [-0.3, -0.25) is 19.2 Å². The molecular weight excluding hydrogens is 548 g/mol. The van der Waals surface area contributed by atoms with E-state index >= 15 is 0 Å². The minimum Gasteiger partial charge on any atom is -0.423 e. The van der Waals surface area contributed by atoms with Crippen LogP contribution in [0.25, 0.3) is 0 Å². The average molecular weight is 579 g/mol. The van der Waals surface area contributed by atoms with Crippen LogP contribution >= 0.6 is 0 Å². The molecule has 2 heterocycles. The number of amides is 2. The van der Waals surface area contributed by atoms with Crippen LogP contribution in [0.3, 0.4) is 0 Å². The number of Topliss-reactive ketones (excluding diaryl/α,β-unsaturated/α-hetero) is 2. The highest BCUT2D eigenvalue weighted by Gasteiger charge is 2.24. The summed E-state index contributed by atoms with van der Waals surface area (Å²) in [6.45, 7) is 3.15. The zero-order valence-corrected chi connectivity index (χ0v) is 22.8. The largest absolute Gasteiger partial charge is 0.423 e. The second-order valence-electron chi connectivity index (χ2n) is 9.47. The van der Waals surface area contributed by atoms with Crippen LogP contribution in [0.2, 0.25) is 0 Å². The molecule has 0 bridgehead atoms. The van der Waals surface area contributed by atoms with Gasteiger partial charge in [0.1, 0.15) is 11.5 Å². The van der Waals surface area contributed by atoms with Gasteiger partial charge in [-0.1, -0.05) is 24.3 Å². The van der Waals surface area contributed by atoms with E-state index in [1.54, 1.807) is 24.3 Å². The Morgan fingerprint density at radius 1 is 0.571 bits per heavy atom. The Kier molecular flexibility index (Phi) is 10.7. The van der Waals surface area contributed by atoms with Crippen LogP contribution in [0, 0.1) is 0 Å². The Morgan fingerprint density at radius 3 is 1.24 bits per heavy atom. The zero-order valence-electron chi connectivity index (χ0n) is 22.8. The quantitative estimate of drug-likeness (QED) is 0.171. The summed E-state index contributed by atoms with van der Waals surface area (Å²) < 4.78 is 20.7. The molecule has 220 valence electrons. The number of nitrogens with zero attached hydrogens (tertiary/aromatic N) is 2. The van der Waals surface area contributed by atoms with Crippen LogP contribution in [-0.2, 0) is 51.1 Å². The molecule has 0 saturated carbocycles. The number of ketones is 2. The van der Waals surface area contributed by atoms with Crippen molar-refractivity contribution in [3.8, 4) is 11.5 Å². The highest BCUT2D eigenvalue weighted by atomic mass is 16.5. The van der Waals surface area contributed by atoms with E-state index < -0.39 is 35.3 Å². The van der Waals surface area contributed by atoms with E-state index in [2.05, 4.69) is 0 Å². The highest BCUT2D eigenvalue weighted by Crippen LogP contribution is 2.15. The van der Waals surface area contributed by atoms with Crippen molar-refractivity contribution >= 4 is 35.3 Å². The second-order valence-corrected chi connectivity index (χ2v) is 9.47. The van der Waals surface area contributed by atoms with Crippen molar-refractivity contribution < 1.29 is 47.7 Å². The van der Waals surface area contributed by atoms with Crippen LogP contribution in [0.5, 0.6) is 11.5 Å². The van der Waals surface area contributed by atoms with Gasteiger partial charge in [-0.25, -0.2) is 9.59 Å². The molecule has 2 amide bonds. The number of hydrogen-bond donors (Lipinski definition) is 0. The van der Waals surface area contributed by atoms with Gasteiger partial charge >= 0.3 is 11.9 Å². The summed E-state index contributed by atoms with van der Waals surface area (Å²) in [6.07, 6.45) is 1.65. The Labute approximate surface area is 241 Å². The van der Waals surface area contributed by atoms with Crippen LogP contribution < -0.4 is 9.47 Å². The smallest absolute Gasteiger partial charge is 0.336 e. The lowest BCUT2D eigenvalue weighted by molar-refractivity contribution is -0.147. The molecule has 0 N–H and O–H groups in total. The number of rotatable bonds is 10. The van der Waals surface area contributed by atoms with E-state index in [1.165, 1.54) is 34.1 Å². The molecule has 0 radical (unpaired) electrons. The Bertz CT molecular complexity index is 1240. The minimum atomic E-state index is -0.822. The third-order valence-corrected chi connectivity index (χ3v) is 6.44. The van der Waals surface area contributed by atoms with Gasteiger partial charge in [0.15, 0.2) is 0 Å². The third kappa shape index (κ3) is 8.91. The number of ether oxygens (including phenoxy) is 4. The van der Waals surface area contributed by atoms with E-state index in [1.807, 2.05) is 0 Å². The molecule has 12 heteroatoms. The summed E-state index contributed by atoms with van der Waals surface area (Å²) in [5.41, 5.74) is 1.17. The van der Waals surface area contributed by atoms with E-state index in [0.717, 1.165) is 12.2 Å². The monoisotopic (exact) mass is 578 g/mol. The Hall–Kier alpha value is -4.68. The van der Waals surface area contributed by atoms with Crippen molar-refractivity contribution in [3.63, 3.8) is 0 Å². The van der Waals surface area contributed by atoms with Crippen LogP contribution in [0.1, 0.15) is 11.1 Å². The third-order valence-electron chi connectivity index (χ3n) is 6.44. The molecule has 2 aliphatic heterocycles. The maximum absolute atomic E-state index is 12.3. The molecule has 0 aromatic heterocycles. The van der Waals surface area contributed by atoms with E-state index in [0.29, 0.717) is 63.7 Å². The maximum Gasteiger partial charge on any atom is 0.336 e. The van der Waals surface area contributed by atoms with E-state index in [4.69, 9.17) is 18.9 Å². The van der Waals surface area contributed by atoms with Crippen LogP contribution in [-0.4, -0.2) is 97.7 Å². The second kappa shape index (κ2) is 14.8. The summed E-state index contributed by atoms with van der Waals surface area (Å²) in [5, 5.41) is 0. The predicted octanol–water partition coefficient (Wildman–Crippen LogP) is 0.695. The van der Waals surface area contributed by atoms with Gasteiger partial charge in [0, 0.05) is 51.2 Å². The maximum atomic E-state index is 12.3. The molecule has 42 heavy (non-hydrogen) atoms. The highest BCUT2D eigenvalue weighted by molar-refractivity contribution is 6.37. The van der Waals surface area contributed by atoms with Crippen molar-refractivity contribution in [2.75, 3.05) is 52.6 Å². The molecule has 12 nitrogen and oxygen atoms in total. The van der Waals surface area contributed by atoms with Crippen molar-refractivity contribution in [2.45, 2.75) is 12.8 Å². The molecule has 2 aromatic carbocycles. The fourth-order valence-corrected chi connectivity index (χ4v) is 4.19. The van der Waals surface area contributed by atoms with Crippen molar-refractivity contribution in [2.24, 2.45) is 0 Å². The fraction of sp³-hybridized carbons (Fsp3) is 0.333. The number of carbonyl (C=O) groups excluding carboxylic acids is 6. The predicted molar refractivity (Wildman–Crippen MR) is 146 cm³/mol. The summed E-state index contributed by atoms with van der Waals surface area (Å²) in [7, 11) is 0. The van der Waals surface area contributed by atoms with Crippen molar-refractivity contribution in [1.82, 2.24) is 9.80 Å². The average Bonchev–Trinajstić information content (AvgIpc) is 3.02. The summed E-state index contributed by atoms with van der Waals surface area (Å²) >= 11 is 0. The van der Waals surface area contributed by atoms with Gasteiger partial charge in [0.05, 0.1) is 26.4 Å². The molecule has 0 aliphatic carbocycles. The summed E-state index contributed by atoms with van der Waals surface area (Å²) in [5.74, 6) is -3.44. The number of esters is 2. The molecule has 2 aromatic rings. The minimum absolute atomic E-state index is 0.0833. The SMILES string of the molecule is O=C(/C=C/C(=O)Oc1ccc(CC(=O)C(=O)N2CCOCC2)cc1)Oc1ccc(CC(=O)C(=O)N2CCOCC2)cc1. The van der Waals surface area contributed by atoms with Gasteiger partial charge in [0.25, 0.3) is 11.8 Å². The van der Waals surface area contributed by atoms with Gasteiger partial charge in [-0.05, 0) is 35.4 Å². The normalized spacial score (nSPS) is 15.2. The first-order valence-electron chi connectivity index (χ1n) is 13.4. The van der Waals surface area contributed by atoms with E-state index in [-0.39, 0.29) is 24.3 Å². The molecule has 0 unspecified atom stereocenters. The van der Waals surface area contributed by atoms with Crippen molar-refractivity contribution in [3.05, 3.63) is 71.8 Å². The fourth-order valence-electron chi connectivity index (χ4n) is 4.19. The lowest BCUT2D eigenvalue weighted by atomic mass is 10.1. The Balaban J connectivity index is 1.19. The first-order chi connectivity index (χ1) is 20.3.